The zero-order chi connectivity index (χ0) is 17.9. The first kappa shape index (κ1) is 17.9. The Hall–Kier alpha value is -1.88. The number of likely N-dealkylation sites (N-methyl/N-ethyl adjacent to an activating group) is 1. The molecule has 0 bridgehead atoms. The van der Waals surface area contributed by atoms with Crippen molar-refractivity contribution in [3.8, 4) is 0 Å². The molecular weight excluding hydrogens is 314 g/mol. The lowest BCUT2D eigenvalue weighted by atomic mass is 9.67. The van der Waals surface area contributed by atoms with E-state index in [9.17, 15) is 9.59 Å². The van der Waals surface area contributed by atoms with Crippen molar-refractivity contribution >= 4 is 11.8 Å². The first-order valence-corrected chi connectivity index (χ1v) is 9.37. The summed E-state index contributed by atoms with van der Waals surface area (Å²) >= 11 is 0. The Labute approximate surface area is 150 Å². The fourth-order valence-corrected chi connectivity index (χ4v) is 4.38. The SMILES string of the molecule is CCN1CC2(CCN(CCC(N)=O)CC2)C[C@@H](c2ccccc2)C1=O. The van der Waals surface area contributed by atoms with E-state index in [1.54, 1.807) is 0 Å². The maximum atomic E-state index is 12.9. The molecule has 3 rings (SSSR count). The van der Waals surface area contributed by atoms with Crippen LogP contribution in [0.25, 0.3) is 0 Å². The Bertz CT molecular complexity index is 609. The number of likely N-dealkylation sites (tertiary alicyclic amines) is 2. The monoisotopic (exact) mass is 343 g/mol. The number of piperidine rings is 2. The summed E-state index contributed by atoms with van der Waals surface area (Å²) in [4.78, 5) is 28.3. The minimum absolute atomic E-state index is 0.0212. The summed E-state index contributed by atoms with van der Waals surface area (Å²) in [7, 11) is 0. The first-order valence-electron chi connectivity index (χ1n) is 9.37. The summed E-state index contributed by atoms with van der Waals surface area (Å²) in [6, 6.07) is 10.2. The maximum absolute atomic E-state index is 12.9. The van der Waals surface area contributed by atoms with Gasteiger partial charge in [0.15, 0.2) is 0 Å². The molecule has 0 aromatic heterocycles. The number of carbonyl (C=O) groups excluding carboxylic acids is 2. The Kier molecular flexibility index (Phi) is 5.42. The molecule has 5 nitrogen and oxygen atoms in total. The highest BCUT2D eigenvalue weighted by Gasteiger charge is 2.45. The van der Waals surface area contributed by atoms with Crippen molar-refractivity contribution in [2.75, 3.05) is 32.7 Å². The van der Waals surface area contributed by atoms with Crippen LogP contribution in [0, 0.1) is 5.41 Å². The highest BCUT2D eigenvalue weighted by molar-refractivity contribution is 5.84. The molecular formula is C20H29N3O2. The highest BCUT2D eigenvalue weighted by Crippen LogP contribution is 2.45. The van der Waals surface area contributed by atoms with E-state index in [1.807, 2.05) is 23.1 Å². The number of carbonyl (C=O) groups is 2. The van der Waals surface area contributed by atoms with Crippen molar-refractivity contribution < 1.29 is 9.59 Å². The van der Waals surface area contributed by atoms with Crippen molar-refractivity contribution in [2.24, 2.45) is 11.1 Å². The molecule has 1 aromatic carbocycles. The fourth-order valence-electron chi connectivity index (χ4n) is 4.38. The van der Waals surface area contributed by atoms with Crippen LogP contribution in [0.15, 0.2) is 30.3 Å². The highest BCUT2D eigenvalue weighted by atomic mass is 16.2. The number of rotatable bonds is 5. The molecule has 5 heteroatoms. The van der Waals surface area contributed by atoms with E-state index in [0.717, 1.165) is 57.5 Å². The molecule has 136 valence electrons. The predicted octanol–water partition coefficient (Wildman–Crippen LogP) is 1.98. The van der Waals surface area contributed by atoms with Crippen LogP contribution < -0.4 is 5.73 Å². The Morgan fingerprint density at radius 2 is 1.92 bits per heavy atom. The van der Waals surface area contributed by atoms with Crippen molar-refractivity contribution in [3.05, 3.63) is 35.9 Å². The molecule has 2 fully saturated rings. The molecule has 2 aliphatic heterocycles. The predicted molar refractivity (Wildman–Crippen MR) is 98.0 cm³/mol. The van der Waals surface area contributed by atoms with Crippen molar-refractivity contribution in [2.45, 2.75) is 38.5 Å². The van der Waals surface area contributed by atoms with Crippen LogP contribution in [0.5, 0.6) is 0 Å². The number of hydrogen-bond acceptors (Lipinski definition) is 3. The fraction of sp³-hybridized carbons (Fsp3) is 0.600. The third-order valence-corrected chi connectivity index (χ3v) is 5.95. The van der Waals surface area contributed by atoms with Crippen LogP contribution in [0.3, 0.4) is 0 Å². The summed E-state index contributed by atoms with van der Waals surface area (Å²) < 4.78 is 0. The van der Waals surface area contributed by atoms with E-state index in [1.165, 1.54) is 0 Å². The lowest BCUT2D eigenvalue weighted by molar-refractivity contribution is -0.141. The molecule has 0 radical (unpaired) electrons. The van der Waals surface area contributed by atoms with Crippen LogP contribution in [-0.4, -0.2) is 54.3 Å². The van der Waals surface area contributed by atoms with Crippen LogP contribution in [0.2, 0.25) is 0 Å². The normalized spacial score (nSPS) is 23.8. The van der Waals surface area contributed by atoms with E-state index in [2.05, 4.69) is 24.0 Å². The van der Waals surface area contributed by atoms with Gasteiger partial charge in [0.25, 0.3) is 0 Å². The lowest BCUT2D eigenvalue weighted by Crippen LogP contribution is -2.54. The molecule has 0 unspecified atom stereocenters. The average molecular weight is 343 g/mol. The Morgan fingerprint density at radius 3 is 2.52 bits per heavy atom. The number of benzene rings is 1. The van der Waals surface area contributed by atoms with Gasteiger partial charge in [-0.1, -0.05) is 30.3 Å². The summed E-state index contributed by atoms with van der Waals surface area (Å²) in [6.07, 6.45) is 3.53. The molecule has 0 saturated carbocycles. The van der Waals surface area contributed by atoms with E-state index in [4.69, 9.17) is 5.73 Å². The Balaban J connectivity index is 1.71. The zero-order valence-corrected chi connectivity index (χ0v) is 15.1. The van der Waals surface area contributed by atoms with Gasteiger partial charge in [0.1, 0.15) is 0 Å². The smallest absolute Gasteiger partial charge is 0.230 e. The molecule has 25 heavy (non-hydrogen) atoms. The van der Waals surface area contributed by atoms with E-state index < -0.39 is 0 Å². The summed E-state index contributed by atoms with van der Waals surface area (Å²) in [5, 5.41) is 0. The third kappa shape index (κ3) is 4.03. The second kappa shape index (κ2) is 7.56. The van der Waals surface area contributed by atoms with Crippen molar-refractivity contribution in [1.29, 1.82) is 0 Å². The average Bonchev–Trinajstić information content (AvgIpc) is 2.64. The number of amides is 2. The van der Waals surface area contributed by atoms with Gasteiger partial charge in [-0.2, -0.15) is 0 Å². The van der Waals surface area contributed by atoms with Gasteiger partial charge in [-0.05, 0) is 50.3 Å². The molecule has 2 aliphatic rings. The van der Waals surface area contributed by atoms with Crippen molar-refractivity contribution in [3.63, 3.8) is 0 Å². The second-order valence-electron chi connectivity index (χ2n) is 7.58. The standard InChI is InChI=1S/C20H29N3O2/c1-2-23-15-20(9-12-22(13-10-20)11-8-18(21)24)14-17(19(23)25)16-6-4-3-5-7-16/h3-7,17H,2,8-15H2,1H3,(H2,21,24)/t17-/m0/s1. The van der Waals surface area contributed by atoms with Gasteiger partial charge in [0, 0.05) is 26.1 Å². The molecule has 2 saturated heterocycles. The zero-order valence-electron chi connectivity index (χ0n) is 15.1. The molecule has 2 amide bonds. The largest absolute Gasteiger partial charge is 0.370 e. The molecule has 1 atom stereocenters. The van der Waals surface area contributed by atoms with Gasteiger partial charge in [0.2, 0.25) is 11.8 Å². The molecule has 1 spiro atoms. The lowest BCUT2D eigenvalue weighted by Gasteiger charge is -2.49. The number of hydrogen-bond donors (Lipinski definition) is 1. The van der Waals surface area contributed by atoms with Gasteiger partial charge < -0.3 is 15.5 Å². The summed E-state index contributed by atoms with van der Waals surface area (Å²) in [5.41, 5.74) is 6.61. The van der Waals surface area contributed by atoms with Gasteiger partial charge in [-0.3, -0.25) is 9.59 Å². The molecule has 1 aromatic rings. The minimum Gasteiger partial charge on any atom is -0.370 e. The van der Waals surface area contributed by atoms with E-state index in [-0.39, 0.29) is 23.1 Å². The topological polar surface area (TPSA) is 66.6 Å². The quantitative estimate of drug-likeness (QED) is 0.889. The van der Waals surface area contributed by atoms with Gasteiger partial charge in [-0.15, -0.1) is 0 Å². The second-order valence-corrected chi connectivity index (χ2v) is 7.58. The number of nitrogens with zero attached hydrogens (tertiary/aromatic N) is 2. The van der Waals surface area contributed by atoms with Gasteiger partial charge in [-0.25, -0.2) is 0 Å². The van der Waals surface area contributed by atoms with E-state index in [0.29, 0.717) is 6.42 Å². The summed E-state index contributed by atoms with van der Waals surface area (Å²) in [5.74, 6) is 0.0207. The summed E-state index contributed by atoms with van der Waals surface area (Å²) in [6.45, 7) is 6.44. The van der Waals surface area contributed by atoms with Crippen LogP contribution >= 0.6 is 0 Å². The number of nitrogens with two attached hydrogens (primary N) is 1. The molecule has 2 N–H and O–H groups in total. The minimum atomic E-state index is -0.232. The Morgan fingerprint density at radius 1 is 1.24 bits per heavy atom. The van der Waals surface area contributed by atoms with E-state index >= 15 is 0 Å². The van der Waals surface area contributed by atoms with Gasteiger partial charge in [0.05, 0.1) is 5.92 Å². The first-order chi connectivity index (χ1) is 12.0. The number of primary amides is 1. The van der Waals surface area contributed by atoms with Crippen LogP contribution in [0.1, 0.15) is 44.1 Å². The van der Waals surface area contributed by atoms with Crippen LogP contribution in [0.4, 0.5) is 0 Å². The van der Waals surface area contributed by atoms with Gasteiger partial charge >= 0.3 is 0 Å². The molecule has 0 aliphatic carbocycles. The molecule has 2 heterocycles. The van der Waals surface area contributed by atoms with Crippen LogP contribution in [-0.2, 0) is 9.59 Å². The maximum Gasteiger partial charge on any atom is 0.230 e. The van der Waals surface area contributed by atoms with Crippen molar-refractivity contribution in [1.82, 2.24) is 9.80 Å². The third-order valence-electron chi connectivity index (χ3n) is 5.95.